The van der Waals surface area contributed by atoms with Gasteiger partial charge in [-0.15, -0.1) is 0 Å². The SMILES string of the molecule is COc1ccc2c3c1O[C@H]1C(OC(=O)CCC(=O)O[C@H](C(=O)O[C@@H](C)C(=O)O)c4ccccc4)=CC[C@@]4(O)[C@@H](C2)N(C)CC[C@]314. The fraction of sp³-hybridized carbons (Fsp3) is 0.455. The predicted octanol–water partition coefficient (Wildman–Crippen LogP) is 2.60. The van der Waals surface area contributed by atoms with Crippen molar-refractivity contribution < 1.29 is 53.1 Å². The van der Waals surface area contributed by atoms with Crippen LogP contribution in [0.15, 0.2) is 54.3 Å². The maximum absolute atomic E-state index is 13.1. The van der Waals surface area contributed by atoms with E-state index in [1.165, 1.54) is 19.1 Å². The van der Waals surface area contributed by atoms with Gasteiger partial charge in [0.1, 0.15) is 5.76 Å². The molecule has 2 aliphatic heterocycles. The number of hydrogen-bond donors (Lipinski definition) is 2. The first kappa shape index (κ1) is 30.6. The number of likely N-dealkylation sites (N-methyl/N-ethyl adjacent to an activating group) is 1. The van der Waals surface area contributed by atoms with Crippen LogP contribution in [0.3, 0.4) is 0 Å². The lowest BCUT2D eigenvalue weighted by molar-refractivity contribution is -0.177. The van der Waals surface area contributed by atoms with Gasteiger partial charge in [0.15, 0.2) is 23.7 Å². The molecule has 1 fully saturated rings. The molecule has 12 nitrogen and oxygen atoms in total. The first-order valence-electron chi connectivity index (χ1n) is 14.9. The largest absolute Gasteiger partial charge is 0.493 e. The third kappa shape index (κ3) is 4.92. The summed E-state index contributed by atoms with van der Waals surface area (Å²) >= 11 is 0. The maximum atomic E-state index is 13.1. The van der Waals surface area contributed by atoms with E-state index in [-0.39, 0.29) is 30.2 Å². The second-order valence-electron chi connectivity index (χ2n) is 12.0. The van der Waals surface area contributed by atoms with E-state index < -0.39 is 59.6 Å². The quantitative estimate of drug-likeness (QED) is 0.296. The van der Waals surface area contributed by atoms with Gasteiger partial charge in [-0.1, -0.05) is 36.4 Å². The van der Waals surface area contributed by atoms with Crippen LogP contribution >= 0.6 is 0 Å². The summed E-state index contributed by atoms with van der Waals surface area (Å²) in [6.07, 6.45) is -1.37. The normalized spacial score (nSPS) is 27.2. The average molecular weight is 622 g/mol. The maximum Gasteiger partial charge on any atom is 0.353 e. The molecule has 2 aliphatic carbocycles. The zero-order valence-electron chi connectivity index (χ0n) is 25.2. The highest BCUT2D eigenvalue weighted by Gasteiger charge is 2.72. The Kier molecular flexibility index (Phi) is 7.82. The van der Waals surface area contributed by atoms with Gasteiger partial charge in [0, 0.05) is 23.6 Å². The number of aliphatic carboxylic acids is 1. The van der Waals surface area contributed by atoms with Crippen LogP contribution in [0.1, 0.15) is 55.4 Å². The van der Waals surface area contributed by atoms with Crippen molar-refractivity contribution in [1.29, 1.82) is 0 Å². The molecule has 1 spiro atoms. The highest BCUT2D eigenvalue weighted by Crippen LogP contribution is 2.65. The van der Waals surface area contributed by atoms with Crippen molar-refractivity contribution >= 4 is 23.9 Å². The van der Waals surface area contributed by atoms with E-state index in [2.05, 4.69) is 4.90 Å². The monoisotopic (exact) mass is 621 g/mol. The first-order chi connectivity index (χ1) is 21.5. The summed E-state index contributed by atoms with van der Waals surface area (Å²) in [5.41, 5.74) is 0.246. The fourth-order valence-electron chi connectivity index (χ4n) is 7.33. The van der Waals surface area contributed by atoms with Crippen molar-refractivity contribution in [2.24, 2.45) is 0 Å². The molecule has 2 N–H and O–H groups in total. The molecule has 0 aromatic heterocycles. The minimum Gasteiger partial charge on any atom is -0.493 e. The minimum atomic E-state index is -1.52. The van der Waals surface area contributed by atoms with Crippen molar-refractivity contribution in [2.75, 3.05) is 20.7 Å². The van der Waals surface area contributed by atoms with Crippen LogP contribution in [-0.4, -0.2) is 83.5 Å². The smallest absolute Gasteiger partial charge is 0.353 e. The predicted molar refractivity (Wildman–Crippen MR) is 155 cm³/mol. The Morgan fingerprint density at radius 2 is 1.80 bits per heavy atom. The van der Waals surface area contributed by atoms with Gasteiger partial charge in [-0.25, -0.2) is 9.59 Å². The van der Waals surface area contributed by atoms with Crippen LogP contribution in [0.2, 0.25) is 0 Å². The molecule has 45 heavy (non-hydrogen) atoms. The molecule has 2 bridgehead atoms. The Morgan fingerprint density at radius 3 is 2.51 bits per heavy atom. The number of rotatable bonds is 10. The van der Waals surface area contributed by atoms with E-state index >= 15 is 0 Å². The van der Waals surface area contributed by atoms with E-state index in [9.17, 15) is 24.3 Å². The molecule has 0 amide bonds. The zero-order valence-corrected chi connectivity index (χ0v) is 25.2. The van der Waals surface area contributed by atoms with E-state index in [0.29, 0.717) is 30.9 Å². The van der Waals surface area contributed by atoms with Crippen LogP contribution in [-0.2, 0) is 45.2 Å². The number of benzene rings is 2. The number of hydrogen-bond acceptors (Lipinski definition) is 11. The molecule has 4 aliphatic rings. The fourth-order valence-corrected chi connectivity index (χ4v) is 7.33. The Labute approximate surface area is 259 Å². The molecule has 238 valence electrons. The number of nitrogens with zero attached hydrogens (tertiary/aromatic N) is 1. The van der Waals surface area contributed by atoms with Crippen molar-refractivity contribution in [1.82, 2.24) is 4.90 Å². The Balaban J connectivity index is 1.17. The third-order valence-electron chi connectivity index (χ3n) is 9.53. The molecule has 12 heteroatoms. The van der Waals surface area contributed by atoms with E-state index in [1.54, 1.807) is 31.4 Å². The lowest BCUT2D eigenvalue weighted by Gasteiger charge is -2.61. The Bertz CT molecular complexity index is 1570. The molecule has 0 saturated carbocycles. The standard InChI is InChI=1S/C33H35NO11/c1-18(30(37)38)42-31(39)27(19-7-5-4-6-8-19)44-25(36)12-11-24(35)43-22-13-14-33(40)23-17-20-9-10-21(41-3)28-26(20)32(33,29(22)45-28)15-16-34(23)2/h4-10,13,18,23,27,29,40H,11-12,14-17H2,1-3H3,(H,37,38)/t18-,23+,27-,29-,32-,33+/m0/s1. The molecule has 2 aromatic carbocycles. The molecular weight excluding hydrogens is 586 g/mol. The topological polar surface area (TPSA) is 158 Å². The average Bonchev–Trinajstić information content (AvgIpc) is 3.38. The number of carboxylic acids is 1. The number of likely N-dealkylation sites (tertiary alicyclic amines) is 1. The molecule has 6 rings (SSSR count). The number of esters is 3. The van der Waals surface area contributed by atoms with E-state index in [4.69, 9.17) is 28.8 Å². The van der Waals surface area contributed by atoms with Gasteiger partial charge in [0.25, 0.3) is 0 Å². The summed E-state index contributed by atoms with van der Waals surface area (Å²) in [5, 5.41) is 21.4. The van der Waals surface area contributed by atoms with Crippen LogP contribution < -0.4 is 9.47 Å². The number of ether oxygens (including phenoxy) is 5. The molecule has 2 aromatic rings. The molecule has 0 radical (unpaired) electrons. The van der Waals surface area contributed by atoms with Crippen molar-refractivity contribution in [3.63, 3.8) is 0 Å². The third-order valence-corrected chi connectivity index (χ3v) is 9.53. The number of methoxy groups -OCH3 is 1. The Hall–Kier alpha value is -4.42. The summed E-state index contributed by atoms with van der Waals surface area (Å²) in [6.45, 7) is 1.90. The summed E-state index contributed by atoms with van der Waals surface area (Å²) in [7, 11) is 3.56. The lowest BCUT2D eigenvalue weighted by Crippen LogP contribution is -2.74. The van der Waals surface area contributed by atoms with Gasteiger partial charge < -0.3 is 38.8 Å². The van der Waals surface area contributed by atoms with Gasteiger partial charge >= 0.3 is 23.9 Å². The number of aliphatic hydroxyl groups is 1. The van der Waals surface area contributed by atoms with Gasteiger partial charge in [-0.3, -0.25) is 9.59 Å². The van der Waals surface area contributed by atoms with Gasteiger partial charge in [-0.05, 0) is 51.1 Å². The summed E-state index contributed by atoms with van der Waals surface area (Å²) in [6, 6.07) is 11.7. The molecule has 6 atom stereocenters. The Morgan fingerprint density at radius 1 is 1.07 bits per heavy atom. The van der Waals surface area contributed by atoms with E-state index in [1.807, 2.05) is 19.2 Å². The number of carbonyl (C=O) groups excluding carboxylic acids is 3. The first-order valence-corrected chi connectivity index (χ1v) is 14.9. The van der Waals surface area contributed by atoms with Gasteiger partial charge in [0.05, 0.1) is 31.0 Å². The van der Waals surface area contributed by atoms with Crippen LogP contribution in [0, 0.1) is 0 Å². The van der Waals surface area contributed by atoms with Gasteiger partial charge in [-0.2, -0.15) is 0 Å². The number of carbonyl (C=O) groups is 4. The summed E-state index contributed by atoms with van der Waals surface area (Å²) in [4.78, 5) is 52.0. The van der Waals surface area contributed by atoms with Crippen LogP contribution in [0.25, 0.3) is 0 Å². The summed E-state index contributed by atoms with van der Waals surface area (Å²) in [5.74, 6) is -2.66. The van der Waals surface area contributed by atoms with Crippen molar-refractivity contribution in [2.45, 2.75) is 74.4 Å². The second-order valence-corrected chi connectivity index (χ2v) is 12.0. The number of carboxylic acid groups (broad SMARTS) is 1. The summed E-state index contributed by atoms with van der Waals surface area (Å²) < 4.78 is 28.2. The molecule has 2 heterocycles. The second kappa shape index (κ2) is 11.5. The molecule has 1 saturated heterocycles. The number of piperidine rings is 1. The van der Waals surface area contributed by atoms with Gasteiger partial charge in [0.2, 0.25) is 6.10 Å². The van der Waals surface area contributed by atoms with Crippen LogP contribution in [0.5, 0.6) is 11.5 Å². The molecular formula is C33H35NO11. The highest BCUT2D eigenvalue weighted by atomic mass is 16.6. The van der Waals surface area contributed by atoms with Crippen molar-refractivity contribution in [3.05, 3.63) is 71.0 Å². The van der Waals surface area contributed by atoms with Crippen molar-refractivity contribution in [3.8, 4) is 11.5 Å². The zero-order chi connectivity index (χ0) is 32.1. The highest BCUT2D eigenvalue weighted by molar-refractivity contribution is 5.84. The lowest BCUT2D eigenvalue weighted by atomic mass is 9.50. The van der Waals surface area contributed by atoms with Crippen LogP contribution in [0.4, 0.5) is 0 Å². The van der Waals surface area contributed by atoms with E-state index in [0.717, 1.165) is 11.1 Å². The minimum absolute atomic E-state index is 0.157. The molecule has 0 unspecified atom stereocenters.